The largest absolute Gasteiger partial charge is 0.418 e. The van der Waals surface area contributed by atoms with Crippen LogP contribution in [0.3, 0.4) is 0 Å². The maximum atomic E-state index is 12.6. The number of methoxy groups -OCH3 is 1. The minimum absolute atomic E-state index is 0.0127. The molecule has 0 saturated heterocycles. The quantitative estimate of drug-likeness (QED) is 0.621. The Kier molecular flexibility index (Phi) is 4.00. The fourth-order valence-electron chi connectivity index (χ4n) is 1.24. The number of nitrogens with two attached hydrogens (primary N) is 1. The molecule has 1 rings (SSSR count). The zero-order valence-corrected chi connectivity index (χ0v) is 8.77. The predicted octanol–water partition coefficient (Wildman–Crippen LogP) is 2.35. The molecule has 0 radical (unpaired) electrons. The number of nitrogen functional groups attached to an aromatic ring is 1. The maximum Gasteiger partial charge on any atom is 0.418 e. The van der Waals surface area contributed by atoms with Gasteiger partial charge in [-0.15, -0.1) is 0 Å². The van der Waals surface area contributed by atoms with E-state index in [1.165, 1.54) is 19.2 Å². The van der Waals surface area contributed by atoms with Crippen LogP contribution in [0.15, 0.2) is 18.2 Å². The lowest BCUT2D eigenvalue weighted by Crippen LogP contribution is -2.14. The summed E-state index contributed by atoms with van der Waals surface area (Å²) in [5, 5.41) is 2.65. The average Bonchev–Trinajstić information content (AvgIpc) is 2.19. The summed E-state index contributed by atoms with van der Waals surface area (Å²) in [5.74, 6) is 0. The van der Waals surface area contributed by atoms with Gasteiger partial charge in [0.15, 0.2) is 0 Å². The van der Waals surface area contributed by atoms with Gasteiger partial charge in [-0.05, 0) is 18.2 Å². The monoisotopic (exact) mass is 234 g/mol. The summed E-state index contributed by atoms with van der Waals surface area (Å²) in [6.07, 6.45) is -4.41. The van der Waals surface area contributed by atoms with E-state index >= 15 is 0 Å². The third-order valence-corrected chi connectivity index (χ3v) is 1.97. The number of hydrogen-bond donors (Lipinski definition) is 2. The van der Waals surface area contributed by atoms with Crippen molar-refractivity contribution in [2.24, 2.45) is 0 Å². The maximum absolute atomic E-state index is 12.6. The van der Waals surface area contributed by atoms with Crippen molar-refractivity contribution in [3.63, 3.8) is 0 Å². The van der Waals surface area contributed by atoms with Crippen molar-refractivity contribution in [2.75, 3.05) is 31.3 Å². The highest BCUT2D eigenvalue weighted by atomic mass is 19.4. The summed E-state index contributed by atoms with van der Waals surface area (Å²) in [5.41, 5.74) is 4.67. The van der Waals surface area contributed by atoms with Gasteiger partial charge in [0.1, 0.15) is 0 Å². The van der Waals surface area contributed by atoms with Crippen LogP contribution in [0.1, 0.15) is 5.56 Å². The first-order chi connectivity index (χ1) is 7.45. The number of nitrogens with one attached hydrogen (secondary N) is 1. The molecule has 0 fully saturated rings. The standard InChI is InChI=1S/C10H13F3N2O/c1-16-5-4-15-9-3-2-7(14)6-8(9)10(11,12)13/h2-3,6,15H,4-5,14H2,1H3. The van der Waals surface area contributed by atoms with Crippen LogP contribution in [0.2, 0.25) is 0 Å². The van der Waals surface area contributed by atoms with Crippen molar-refractivity contribution >= 4 is 11.4 Å². The van der Waals surface area contributed by atoms with Crippen LogP contribution < -0.4 is 11.1 Å². The highest BCUT2D eigenvalue weighted by molar-refractivity contribution is 5.59. The SMILES string of the molecule is COCCNc1ccc(N)cc1C(F)(F)F. The van der Waals surface area contributed by atoms with E-state index in [1.807, 2.05) is 0 Å². The van der Waals surface area contributed by atoms with Gasteiger partial charge < -0.3 is 15.8 Å². The number of rotatable bonds is 4. The van der Waals surface area contributed by atoms with Crippen molar-refractivity contribution in [1.29, 1.82) is 0 Å². The van der Waals surface area contributed by atoms with E-state index < -0.39 is 11.7 Å². The highest BCUT2D eigenvalue weighted by Gasteiger charge is 2.33. The van der Waals surface area contributed by atoms with Crippen molar-refractivity contribution in [2.45, 2.75) is 6.18 Å². The Morgan fingerprint density at radius 1 is 1.38 bits per heavy atom. The first-order valence-corrected chi connectivity index (χ1v) is 4.64. The molecule has 0 aliphatic heterocycles. The molecule has 1 aromatic carbocycles. The fourth-order valence-corrected chi connectivity index (χ4v) is 1.24. The second-order valence-electron chi connectivity index (χ2n) is 3.22. The normalized spacial score (nSPS) is 11.5. The molecule has 16 heavy (non-hydrogen) atoms. The molecule has 0 bridgehead atoms. The smallest absolute Gasteiger partial charge is 0.399 e. The van der Waals surface area contributed by atoms with E-state index in [9.17, 15) is 13.2 Å². The van der Waals surface area contributed by atoms with Gasteiger partial charge >= 0.3 is 6.18 Å². The Morgan fingerprint density at radius 3 is 2.62 bits per heavy atom. The van der Waals surface area contributed by atoms with Gasteiger partial charge in [0.25, 0.3) is 0 Å². The van der Waals surface area contributed by atoms with E-state index in [0.29, 0.717) is 13.2 Å². The average molecular weight is 234 g/mol. The van der Waals surface area contributed by atoms with Crippen LogP contribution in [-0.4, -0.2) is 20.3 Å². The topological polar surface area (TPSA) is 47.3 Å². The molecule has 0 amide bonds. The lowest BCUT2D eigenvalue weighted by molar-refractivity contribution is -0.136. The van der Waals surface area contributed by atoms with E-state index in [0.717, 1.165) is 6.07 Å². The van der Waals surface area contributed by atoms with Gasteiger partial charge in [0.05, 0.1) is 12.2 Å². The van der Waals surface area contributed by atoms with Crippen molar-refractivity contribution in [3.8, 4) is 0 Å². The zero-order valence-electron chi connectivity index (χ0n) is 8.77. The third-order valence-electron chi connectivity index (χ3n) is 1.97. The molecule has 0 unspecified atom stereocenters. The number of benzene rings is 1. The molecule has 3 N–H and O–H groups in total. The molecular formula is C10H13F3N2O. The van der Waals surface area contributed by atoms with Crippen LogP contribution in [-0.2, 0) is 10.9 Å². The first kappa shape index (κ1) is 12.6. The molecule has 0 saturated carbocycles. The van der Waals surface area contributed by atoms with Gasteiger partial charge in [-0.3, -0.25) is 0 Å². The number of hydrogen-bond acceptors (Lipinski definition) is 3. The third kappa shape index (κ3) is 3.30. The molecule has 0 aromatic heterocycles. The molecule has 0 atom stereocenters. The predicted molar refractivity (Wildman–Crippen MR) is 56.2 cm³/mol. The van der Waals surface area contributed by atoms with Crippen molar-refractivity contribution < 1.29 is 17.9 Å². The van der Waals surface area contributed by atoms with Gasteiger partial charge in [0, 0.05) is 25.0 Å². The van der Waals surface area contributed by atoms with Crippen LogP contribution in [0.4, 0.5) is 24.5 Å². The van der Waals surface area contributed by atoms with Crippen molar-refractivity contribution in [3.05, 3.63) is 23.8 Å². The van der Waals surface area contributed by atoms with Crippen LogP contribution in [0, 0.1) is 0 Å². The molecule has 0 aliphatic carbocycles. The fraction of sp³-hybridized carbons (Fsp3) is 0.400. The summed E-state index contributed by atoms with van der Waals surface area (Å²) >= 11 is 0. The Balaban J connectivity index is 2.90. The Hall–Kier alpha value is -1.43. The second kappa shape index (κ2) is 5.07. The Morgan fingerprint density at radius 2 is 2.06 bits per heavy atom. The molecule has 6 heteroatoms. The van der Waals surface area contributed by atoms with Gasteiger partial charge in [-0.25, -0.2) is 0 Å². The zero-order chi connectivity index (χ0) is 12.2. The molecular weight excluding hydrogens is 221 g/mol. The van der Waals surface area contributed by atoms with E-state index in [-0.39, 0.29) is 11.4 Å². The number of ether oxygens (including phenoxy) is 1. The summed E-state index contributed by atoms with van der Waals surface area (Å²) in [6.45, 7) is 0.644. The van der Waals surface area contributed by atoms with Crippen molar-refractivity contribution in [1.82, 2.24) is 0 Å². The van der Waals surface area contributed by atoms with Gasteiger partial charge in [0.2, 0.25) is 0 Å². The minimum Gasteiger partial charge on any atom is -0.399 e. The van der Waals surface area contributed by atoms with E-state index in [4.69, 9.17) is 10.5 Å². The minimum atomic E-state index is -4.41. The van der Waals surface area contributed by atoms with Crippen LogP contribution >= 0.6 is 0 Å². The molecule has 0 heterocycles. The molecule has 0 spiro atoms. The second-order valence-corrected chi connectivity index (χ2v) is 3.22. The lowest BCUT2D eigenvalue weighted by Gasteiger charge is -2.14. The number of halogens is 3. The molecule has 90 valence electrons. The van der Waals surface area contributed by atoms with Gasteiger partial charge in [-0.2, -0.15) is 13.2 Å². The molecule has 0 aliphatic rings. The van der Waals surface area contributed by atoms with E-state index in [1.54, 1.807) is 0 Å². The summed E-state index contributed by atoms with van der Waals surface area (Å²) in [4.78, 5) is 0. The van der Waals surface area contributed by atoms with Crippen LogP contribution in [0.25, 0.3) is 0 Å². The highest BCUT2D eigenvalue weighted by Crippen LogP contribution is 2.35. The Bertz CT molecular complexity index is 352. The first-order valence-electron chi connectivity index (χ1n) is 4.64. The summed E-state index contributed by atoms with van der Waals surface area (Å²) in [6, 6.07) is 3.65. The van der Waals surface area contributed by atoms with E-state index in [2.05, 4.69) is 5.32 Å². The summed E-state index contributed by atoms with van der Waals surface area (Å²) < 4.78 is 42.6. The molecule has 3 nitrogen and oxygen atoms in total. The summed E-state index contributed by atoms with van der Waals surface area (Å²) in [7, 11) is 1.48. The van der Waals surface area contributed by atoms with Gasteiger partial charge in [-0.1, -0.05) is 0 Å². The number of alkyl halides is 3. The lowest BCUT2D eigenvalue weighted by atomic mass is 10.1. The number of anilines is 2. The van der Waals surface area contributed by atoms with Crippen LogP contribution in [0.5, 0.6) is 0 Å². The molecule has 1 aromatic rings. The Labute approximate surface area is 91.4 Å².